The van der Waals surface area contributed by atoms with E-state index in [2.05, 4.69) is 0 Å². The average Bonchev–Trinajstić information content (AvgIpc) is 2.18. The summed E-state index contributed by atoms with van der Waals surface area (Å²) in [6.45, 7) is 3.72. The fourth-order valence-electron chi connectivity index (χ4n) is 1.17. The zero-order chi connectivity index (χ0) is 11.4. The van der Waals surface area contributed by atoms with Crippen LogP contribution in [0.3, 0.4) is 0 Å². The third kappa shape index (κ3) is 3.16. The lowest BCUT2D eigenvalue weighted by molar-refractivity contribution is 0.0696. The van der Waals surface area contributed by atoms with Gasteiger partial charge in [0.2, 0.25) is 0 Å². The lowest BCUT2D eigenvalue weighted by Gasteiger charge is -2.07. The summed E-state index contributed by atoms with van der Waals surface area (Å²) in [5, 5.41) is 8.97. The molecule has 0 spiro atoms. The van der Waals surface area contributed by atoms with Crippen LogP contribution in [0, 0.1) is 0 Å². The molecule has 0 heterocycles. The minimum absolute atomic E-state index is 0.0480. The van der Waals surface area contributed by atoms with Gasteiger partial charge in [0.25, 0.3) is 0 Å². The van der Waals surface area contributed by atoms with Gasteiger partial charge in [0.15, 0.2) is 0 Å². The summed E-state index contributed by atoms with van der Waals surface area (Å²) >= 11 is 0. The molecule has 1 N–H and O–H groups in total. The highest BCUT2D eigenvalue weighted by Crippen LogP contribution is 2.13. The molecular formula is C11H14O3S. The van der Waals surface area contributed by atoms with Crippen LogP contribution in [0.4, 0.5) is 0 Å². The number of benzene rings is 1. The van der Waals surface area contributed by atoms with Crippen LogP contribution in [0.1, 0.15) is 29.8 Å². The SMILES string of the molecule is CC(C)S(=O)Cc1ccccc1C(=O)O. The largest absolute Gasteiger partial charge is 0.478 e. The maximum absolute atomic E-state index is 11.6. The summed E-state index contributed by atoms with van der Waals surface area (Å²) in [4.78, 5) is 10.9. The van der Waals surface area contributed by atoms with Gasteiger partial charge in [0.05, 0.1) is 5.56 Å². The smallest absolute Gasteiger partial charge is 0.335 e. The van der Waals surface area contributed by atoms with Crippen molar-refractivity contribution in [3.05, 3.63) is 35.4 Å². The van der Waals surface area contributed by atoms with Crippen molar-refractivity contribution in [3.63, 3.8) is 0 Å². The Labute approximate surface area is 91.6 Å². The van der Waals surface area contributed by atoms with Crippen LogP contribution in [0.5, 0.6) is 0 Å². The van der Waals surface area contributed by atoms with E-state index >= 15 is 0 Å². The number of carboxylic acid groups (broad SMARTS) is 1. The van der Waals surface area contributed by atoms with Gasteiger partial charge in [-0.15, -0.1) is 0 Å². The lowest BCUT2D eigenvalue weighted by Crippen LogP contribution is -2.11. The monoisotopic (exact) mass is 226 g/mol. The molecule has 0 radical (unpaired) electrons. The molecule has 0 saturated heterocycles. The van der Waals surface area contributed by atoms with Crippen LogP contribution in [0.15, 0.2) is 24.3 Å². The van der Waals surface area contributed by atoms with Gasteiger partial charge in [-0.05, 0) is 11.6 Å². The quantitative estimate of drug-likeness (QED) is 0.854. The molecule has 0 saturated carbocycles. The van der Waals surface area contributed by atoms with Crippen molar-refractivity contribution in [2.75, 3.05) is 0 Å². The first-order valence-corrected chi connectivity index (χ1v) is 6.09. The van der Waals surface area contributed by atoms with Crippen LogP contribution in [0.2, 0.25) is 0 Å². The Bertz CT molecular complexity index is 385. The van der Waals surface area contributed by atoms with E-state index in [4.69, 9.17) is 5.11 Å². The Morgan fingerprint density at radius 3 is 2.53 bits per heavy atom. The molecule has 15 heavy (non-hydrogen) atoms. The molecule has 0 aliphatic heterocycles. The highest BCUT2D eigenvalue weighted by molar-refractivity contribution is 7.84. The molecule has 82 valence electrons. The minimum Gasteiger partial charge on any atom is -0.478 e. The van der Waals surface area contributed by atoms with Crippen LogP contribution >= 0.6 is 0 Å². The van der Waals surface area contributed by atoms with Crippen molar-refractivity contribution in [1.29, 1.82) is 0 Å². The molecule has 4 heteroatoms. The molecule has 1 unspecified atom stereocenters. The Balaban J connectivity index is 2.94. The summed E-state index contributed by atoms with van der Waals surface area (Å²) in [5.41, 5.74) is 0.878. The van der Waals surface area contributed by atoms with E-state index in [9.17, 15) is 9.00 Å². The van der Waals surface area contributed by atoms with Gasteiger partial charge in [0, 0.05) is 21.8 Å². The van der Waals surface area contributed by atoms with E-state index in [1.807, 2.05) is 13.8 Å². The van der Waals surface area contributed by atoms with E-state index in [1.54, 1.807) is 18.2 Å². The van der Waals surface area contributed by atoms with Crippen molar-refractivity contribution in [3.8, 4) is 0 Å². The molecule has 0 bridgehead atoms. The van der Waals surface area contributed by atoms with Crippen molar-refractivity contribution in [2.24, 2.45) is 0 Å². The number of carboxylic acids is 1. The maximum atomic E-state index is 11.6. The van der Waals surface area contributed by atoms with E-state index in [0.29, 0.717) is 11.3 Å². The predicted octanol–water partition coefficient (Wildman–Crippen LogP) is 2.04. The average molecular weight is 226 g/mol. The number of carbonyl (C=O) groups is 1. The second kappa shape index (κ2) is 5.07. The molecule has 0 aliphatic rings. The van der Waals surface area contributed by atoms with E-state index in [1.165, 1.54) is 6.07 Å². The zero-order valence-corrected chi connectivity index (χ0v) is 9.58. The summed E-state index contributed by atoms with van der Waals surface area (Å²) < 4.78 is 11.6. The van der Waals surface area contributed by atoms with Gasteiger partial charge in [-0.3, -0.25) is 4.21 Å². The second-order valence-electron chi connectivity index (χ2n) is 3.54. The molecule has 1 aromatic rings. The van der Waals surface area contributed by atoms with Crippen LogP contribution in [-0.2, 0) is 16.6 Å². The van der Waals surface area contributed by atoms with Crippen molar-refractivity contribution < 1.29 is 14.1 Å². The molecule has 0 aromatic heterocycles. The van der Waals surface area contributed by atoms with Gasteiger partial charge in [-0.2, -0.15) is 0 Å². The number of aromatic carboxylic acids is 1. The van der Waals surface area contributed by atoms with Gasteiger partial charge in [-0.25, -0.2) is 4.79 Å². The van der Waals surface area contributed by atoms with Gasteiger partial charge < -0.3 is 5.11 Å². The summed E-state index contributed by atoms with van der Waals surface area (Å²) in [5.74, 6) is -0.661. The van der Waals surface area contributed by atoms with Gasteiger partial charge in [0.1, 0.15) is 0 Å². The topological polar surface area (TPSA) is 54.4 Å². The third-order valence-electron chi connectivity index (χ3n) is 2.07. The zero-order valence-electron chi connectivity index (χ0n) is 8.77. The Morgan fingerprint density at radius 1 is 1.40 bits per heavy atom. The molecule has 0 aliphatic carbocycles. The van der Waals surface area contributed by atoms with Crippen molar-refractivity contribution in [2.45, 2.75) is 24.9 Å². The van der Waals surface area contributed by atoms with E-state index < -0.39 is 16.8 Å². The number of hydrogen-bond donors (Lipinski definition) is 1. The van der Waals surface area contributed by atoms with Crippen LogP contribution in [0.25, 0.3) is 0 Å². The van der Waals surface area contributed by atoms with E-state index in [-0.39, 0.29) is 10.8 Å². The van der Waals surface area contributed by atoms with Crippen molar-refractivity contribution in [1.82, 2.24) is 0 Å². The van der Waals surface area contributed by atoms with E-state index in [0.717, 1.165) is 0 Å². The molecule has 1 rings (SSSR count). The third-order valence-corrected chi connectivity index (χ3v) is 3.72. The van der Waals surface area contributed by atoms with Crippen LogP contribution in [-0.4, -0.2) is 20.5 Å². The molecule has 1 aromatic carbocycles. The molecule has 0 amide bonds. The first-order valence-electron chi connectivity index (χ1n) is 4.70. The highest BCUT2D eigenvalue weighted by Gasteiger charge is 2.13. The summed E-state index contributed by atoms with van der Waals surface area (Å²) in [7, 11) is -1.01. The lowest BCUT2D eigenvalue weighted by atomic mass is 10.1. The summed E-state index contributed by atoms with van der Waals surface area (Å²) in [6.07, 6.45) is 0. The highest BCUT2D eigenvalue weighted by atomic mass is 32.2. The fraction of sp³-hybridized carbons (Fsp3) is 0.364. The molecule has 3 nitrogen and oxygen atoms in total. The first kappa shape index (κ1) is 11.9. The molecule has 1 atom stereocenters. The standard InChI is InChI=1S/C11H14O3S/c1-8(2)15(14)7-9-5-3-4-6-10(9)11(12)13/h3-6,8H,7H2,1-2H3,(H,12,13). The fourth-order valence-corrected chi connectivity index (χ4v) is 2.07. The first-order chi connectivity index (χ1) is 7.02. The van der Waals surface area contributed by atoms with Gasteiger partial charge >= 0.3 is 5.97 Å². The molecular weight excluding hydrogens is 212 g/mol. The Hall–Kier alpha value is -1.16. The predicted molar refractivity (Wildman–Crippen MR) is 60.4 cm³/mol. The summed E-state index contributed by atoms with van der Waals surface area (Å²) in [6, 6.07) is 6.68. The Morgan fingerprint density at radius 2 is 2.00 bits per heavy atom. The number of rotatable bonds is 4. The number of hydrogen-bond acceptors (Lipinski definition) is 2. The van der Waals surface area contributed by atoms with Crippen LogP contribution < -0.4 is 0 Å². The molecule has 0 fully saturated rings. The second-order valence-corrected chi connectivity index (χ2v) is 5.53. The van der Waals surface area contributed by atoms with Crippen molar-refractivity contribution >= 4 is 16.8 Å². The maximum Gasteiger partial charge on any atom is 0.335 e. The van der Waals surface area contributed by atoms with Gasteiger partial charge in [-0.1, -0.05) is 32.0 Å². The minimum atomic E-state index is -1.01. The normalized spacial score (nSPS) is 12.7. The Kier molecular flexibility index (Phi) is 4.03.